The zero-order valence-electron chi connectivity index (χ0n) is 10.3. The van der Waals surface area contributed by atoms with E-state index in [1.54, 1.807) is 29.3 Å². The molecule has 2 aromatic heterocycles. The van der Waals surface area contributed by atoms with Crippen LogP contribution >= 0.6 is 0 Å². The van der Waals surface area contributed by atoms with Gasteiger partial charge in [0.15, 0.2) is 11.6 Å². The second kappa shape index (κ2) is 4.61. The van der Waals surface area contributed by atoms with E-state index in [9.17, 15) is 4.39 Å². The first-order valence-electron chi connectivity index (χ1n) is 5.79. The van der Waals surface area contributed by atoms with Crippen LogP contribution in [0.25, 0.3) is 10.8 Å². The molecule has 0 aliphatic rings. The van der Waals surface area contributed by atoms with E-state index in [0.29, 0.717) is 5.39 Å². The topological polar surface area (TPSA) is 39.1 Å². The van der Waals surface area contributed by atoms with Crippen molar-refractivity contribution < 1.29 is 9.13 Å². The average Bonchev–Trinajstić information content (AvgIpc) is 2.84. The van der Waals surface area contributed by atoms with Gasteiger partial charge >= 0.3 is 0 Å². The van der Waals surface area contributed by atoms with Gasteiger partial charge < -0.3 is 4.74 Å². The molecule has 0 unspecified atom stereocenters. The van der Waals surface area contributed by atoms with Crippen LogP contribution in [0.1, 0.15) is 0 Å². The molecule has 3 rings (SSSR count). The minimum Gasteiger partial charge on any atom is -0.494 e. The second-order valence-electron chi connectivity index (χ2n) is 4.10. The zero-order valence-corrected chi connectivity index (χ0v) is 10.3. The van der Waals surface area contributed by atoms with Crippen molar-refractivity contribution in [1.29, 1.82) is 0 Å². The number of benzene rings is 1. The normalized spacial score (nSPS) is 10.6. The van der Waals surface area contributed by atoms with Crippen molar-refractivity contribution >= 4 is 16.5 Å². The first-order chi connectivity index (χ1) is 9.28. The van der Waals surface area contributed by atoms with Crippen molar-refractivity contribution in [2.24, 2.45) is 0 Å². The van der Waals surface area contributed by atoms with Gasteiger partial charge in [0.2, 0.25) is 0 Å². The van der Waals surface area contributed by atoms with Crippen LogP contribution in [0.15, 0.2) is 49.1 Å². The summed E-state index contributed by atoms with van der Waals surface area (Å²) in [5, 5.41) is 1.32. The summed E-state index contributed by atoms with van der Waals surface area (Å²) in [6, 6.07) is 7.11. The van der Waals surface area contributed by atoms with E-state index in [2.05, 4.69) is 10.4 Å². The number of nitrogens with one attached hydrogen (secondary N) is 1. The maximum atomic E-state index is 14.0. The highest BCUT2D eigenvalue weighted by atomic mass is 19.1. The SMILES string of the molecule is COc1ccc2cn(Nc3ccncc3)cc2c1F. The van der Waals surface area contributed by atoms with Gasteiger partial charge in [-0.2, -0.15) is 0 Å². The van der Waals surface area contributed by atoms with Crippen molar-refractivity contribution in [2.75, 3.05) is 12.5 Å². The van der Waals surface area contributed by atoms with E-state index in [0.717, 1.165) is 11.1 Å². The van der Waals surface area contributed by atoms with Gasteiger partial charge in [0.1, 0.15) is 0 Å². The number of halogens is 1. The first-order valence-corrected chi connectivity index (χ1v) is 5.79. The molecule has 96 valence electrons. The van der Waals surface area contributed by atoms with Crippen LogP contribution in [0, 0.1) is 5.82 Å². The van der Waals surface area contributed by atoms with Gasteiger partial charge in [0, 0.05) is 35.6 Å². The number of ether oxygens (including phenoxy) is 1. The molecule has 0 saturated heterocycles. The number of hydrogen-bond acceptors (Lipinski definition) is 3. The van der Waals surface area contributed by atoms with Gasteiger partial charge in [-0.1, -0.05) is 0 Å². The van der Waals surface area contributed by atoms with E-state index in [-0.39, 0.29) is 11.6 Å². The highest BCUT2D eigenvalue weighted by Gasteiger charge is 2.09. The van der Waals surface area contributed by atoms with Crippen LogP contribution in [0.5, 0.6) is 5.75 Å². The Morgan fingerprint density at radius 2 is 1.95 bits per heavy atom. The Hall–Kier alpha value is -2.56. The van der Waals surface area contributed by atoms with Crippen LogP contribution in [0.4, 0.5) is 10.1 Å². The van der Waals surface area contributed by atoms with Gasteiger partial charge in [-0.15, -0.1) is 0 Å². The molecule has 0 saturated carbocycles. The van der Waals surface area contributed by atoms with E-state index < -0.39 is 0 Å². The fourth-order valence-electron chi connectivity index (χ4n) is 1.96. The summed E-state index contributed by atoms with van der Waals surface area (Å²) in [6.45, 7) is 0. The second-order valence-corrected chi connectivity index (χ2v) is 4.10. The molecule has 2 heterocycles. The largest absolute Gasteiger partial charge is 0.494 e. The van der Waals surface area contributed by atoms with E-state index in [1.165, 1.54) is 7.11 Å². The van der Waals surface area contributed by atoms with Crippen molar-refractivity contribution in [2.45, 2.75) is 0 Å². The maximum Gasteiger partial charge on any atom is 0.174 e. The summed E-state index contributed by atoms with van der Waals surface area (Å²) < 4.78 is 20.7. The number of nitrogens with zero attached hydrogens (tertiary/aromatic N) is 2. The van der Waals surface area contributed by atoms with Crippen LogP contribution < -0.4 is 10.2 Å². The number of pyridine rings is 1. The molecular weight excluding hydrogens is 245 g/mol. The fourth-order valence-corrected chi connectivity index (χ4v) is 1.96. The molecule has 19 heavy (non-hydrogen) atoms. The van der Waals surface area contributed by atoms with E-state index >= 15 is 0 Å². The minimum absolute atomic E-state index is 0.245. The summed E-state index contributed by atoms with van der Waals surface area (Å²) in [5.74, 6) is -0.107. The number of rotatable bonds is 3. The van der Waals surface area contributed by atoms with Crippen LogP contribution in [-0.2, 0) is 0 Å². The maximum absolute atomic E-state index is 14.0. The highest BCUT2D eigenvalue weighted by Crippen LogP contribution is 2.26. The molecule has 4 nitrogen and oxygen atoms in total. The highest BCUT2D eigenvalue weighted by molar-refractivity contribution is 5.84. The van der Waals surface area contributed by atoms with Crippen molar-refractivity contribution in [1.82, 2.24) is 9.66 Å². The van der Waals surface area contributed by atoms with Gasteiger partial charge in [0.05, 0.1) is 12.8 Å². The molecule has 0 spiro atoms. The lowest BCUT2D eigenvalue weighted by molar-refractivity contribution is 0.389. The molecular formula is C14H12FN3O. The molecule has 5 heteroatoms. The Morgan fingerprint density at radius 1 is 1.16 bits per heavy atom. The summed E-state index contributed by atoms with van der Waals surface area (Å²) in [7, 11) is 1.45. The van der Waals surface area contributed by atoms with Gasteiger partial charge in [-0.25, -0.2) is 4.39 Å². The van der Waals surface area contributed by atoms with Crippen LogP contribution in [-0.4, -0.2) is 16.8 Å². The molecule has 1 N–H and O–H groups in total. The number of anilines is 1. The Morgan fingerprint density at radius 3 is 2.68 bits per heavy atom. The third-order valence-electron chi connectivity index (χ3n) is 2.88. The third-order valence-corrected chi connectivity index (χ3v) is 2.88. The quantitative estimate of drug-likeness (QED) is 0.783. The molecule has 0 aliphatic carbocycles. The standard InChI is InChI=1S/C14H12FN3O/c1-19-13-3-2-10-8-18(9-12(10)14(13)15)17-11-4-6-16-7-5-11/h2-9H,1H3,(H,16,17). The lowest BCUT2D eigenvalue weighted by Gasteiger charge is -2.05. The number of fused-ring (bicyclic) bond motifs is 1. The monoisotopic (exact) mass is 257 g/mol. The van der Waals surface area contributed by atoms with Crippen LogP contribution in [0.2, 0.25) is 0 Å². The lowest BCUT2D eigenvalue weighted by atomic mass is 10.2. The molecule has 3 aromatic rings. The molecule has 0 atom stereocenters. The van der Waals surface area contributed by atoms with Gasteiger partial charge in [0.25, 0.3) is 0 Å². The summed E-state index contributed by atoms with van der Waals surface area (Å²) in [4.78, 5) is 3.94. The number of methoxy groups -OCH3 is 1. The molecule has 0 fully saturated rings. The van der Waals surface area contributed by atoms with Gasteiger partial charge in [-0.05, 0) is 24.3 Å². The predicted molar refractivity (Wildman–Crippen MR) is 71.7 cm³/mol. The van der Waals surface area contributed by atoms with Gasteiger partial charge in [-0.3, -0.25) is 15.1 Å². The summed E-state index contributed by atoms with van der Waals surface area (Å²) in [6.07, 6.45) is 6.89. The zero-order chi connectivity index (χ0) is 13.2. The molecule has 0 aliphatic heterocycles. The predicted octanol–water partition coefficient (Wildman–Crippen LogP) is 3.06. The molecule has 0 radical (unpaired) electrons. The Kier molecular flexibility index (Phi) is 2.79. The number of aromatic nitrogens is 2. The van der Waals surface area contributed by atoms with E-state index in [4.69, 9.17) is 4.74 Å². The van der Waals surface area contributed by atoms with Crippen LogP contribution in [0.3, 0.4) is 0 Å². The van der Waals surface area contributed by atoms with Crippen molar-refractivity contribution in [3.05, 3.63) is 54.9 Å². The molecule has 0 bridgehead atoms. The Bertz CT molecular complexity index is 709. The fraction of sp³-hybridized carbons (Fsp3) is 0.0714. The first kappa shape index (κ1) is 11.5. The number of hydrogen-bond donors (Lipinski definition) is 1. The summed E-state index contributed by atoms with van der Waals surface area (Å²) in [5.41, 5.74) is 4.00. The minimum atomic E-state index is -0.352. The molecule has 1 aromatic carbocycles. The smallest absolute Gasteiger partial charge is 0.174 e. The Balaban J connectivity index is 2.00. The lowest BCUT2D eigenvalue weighted by Crippen LogP contribution is -2.05. The third kappa shape index (κ3) is 2.10. The van der Waals surface area contributed by atoms with E-state index in [1.807, 2.05) is 24.4 Å². The van der Waals surface area contributed by atoms with Crippen molar-refractivity contribution in [3.8, 4) is 5.75 Å². The van der Waals surface area contributed by atoms with Crippen molar-refractivity contribution in [3.63, 3.8) is 0 Å². The average molecular weight is 257 g/mol. The Labute approximate surface area is 109 Å². The molecule has 0 amide bonds. The summed E-state index contributed by atoms with van der Waals surface area (Å²) >= 11 is 0.